The molecule has 0 saturated carbocycles. The van der Waals surface area contributed by atoms with Gasteiger partial charge in [-0.15, -0.1) is 0 Å². The highest BCUT2D eigenvalue weighted by atomic mass is 19.1. The van der Waals surface area contributed by atoms with E-state index in [-0.39, 0.29) is 11.7 Å². The predicted octanol–water partition coefficient (Wildman–Crippen LogP) is 3.27. The van der Waals surface area contributed by atoms with Crippen LogP contribution in [0.15, 0.2) is 18.2 Å². The summed E-state index contributed by atoms with van der Waals surface area (Å²) in [6.45, 7) is 7.45. The van der Waals surface area contributed by atoms with Crippen molar-refractivity contribution in [3.63, 3.8) is 0 Å². The van der Waals surface area contributed by atoms with Gasteiger partial charge in [0.1, 0.15) is 5.82 Å². The number of nitrogens with zero attached hydrogens (tertiary/aromatic N) is 2. The van der Waals surface area contributed by atoms with E-state index in [0.29, 0.717) is 11.6 Å². The zero-order valence-electron chi connectivity index (χ0n) is 12.5. The van der Waals surface area contributed by atoms with E-state index in [9.17, 15) is 14.5 Å². The van der Waals surface area contributed by atoms with E-state index in [4.69, 9.17) is 0 Å². The maximum Gasteiger partial charge on any atom is 0.274 e. The Kier molecular flexibility index (Phi) is 5.12. The lowest BCUT2D eigenvalue weighted by Gasteiger charge is -2.34. The summed E-state index contributed by atoms with van der Waals surface area (Å²) in [6.07, 6.45) is 2.19. The Balaban J connectivity index is 1.99. The number of halogens is 1. The van der Waals surface area contributed by atoms with Gasteiger partial charge in [0, 0.05) is 17.8 Å². The minimum atomic E-state index is -0.584. The number of hydrogen-bond acceptors (Lipinski definition) is 4. The minimum absolute atomic E-state index is 0.172. The second-order valence-corrected chi connectivity index (χ2v) is 5.66. The molecule has 2 rings (SSSR count). The van der Waals surface area contributed by atoms with Crippen molar-refractivity contribution < 1.29 is 9.31 Å². The highest BCUT2D eigenvalue weighted by Gasteiger charge is 2.23. The van der Waals surface area contributed by atoms with E-state index in [1.807, 2.05) is 0 Å². The summed E-state index contributed by atoms with van der Waals surface area (Å²) in [5.74, 6) is -0.0742. The highest BCUT2D eigenvalue weighted by Crippen LogP contribution is 2.25. The van der Waals surface area contributed by atoms with Crippen molar-refractivity contribution in [1.82, 2.24) is 4.90 Å². The largest absolute Gasteiger partial charge is 0.382 e. The van der Waals surface area contributed by atoms with Gasteiger partial charge in [0.2, 0.25) is 0 Å². The Bertz CT molecular complexity index is 502. The van der Waals surface area contributed by atoms with Gasteiger partial charge in [-0.05, 0) is 51.4 Å². The Labute approximate surface area is 124 Å². The number of benzene rings is 1. The summed E-state index contributed by atoms with van der Waals surface area (Å²) >= 11 is 0. The van der Waals surface area contributed by atoms with Crippen LogP contribution in [0.2, 0.25) is 0 Å². The molecule has 0 radical (unpaired) electrons. The first-order valence-corrected chi connectivity index (χ1v) is 7.43. The normalized spacial score (nSPS) is 18.4. The molecule has 5 nitrogen and oxygen atoms in total. The average molecular weight is 295 g/mol. The molecule has 1 atom stereocenters. The molecule has 1 aliphatic heterocycles. The molecule has 0 aliphatic carbocycles. The molecule has 0 spiro atoms. The maximum atomic E-state index is 13.4. The summed E-state index contributed by atoms with van der Waals surface area (Å²) < 4.78 is 13.4. The first-order chi connectivity index (χ1) is 9.99. The van der Waals surface area contributed by atoms with Crippen LogP contribution in [-0.4, -0.2) is 35.5 Å². The van der Waals surface area contributed by atoms with Crippen LogP contribution < -0.4 is 5.32 Å². The van der Waals surface area contributed by atoms with E-state index >= 15 is 0 Å². The topological polar surface area (TPSA) is 58.4 Å². The number of nitrogens with one attached hydrogen (secondary N) is 1. The molecular formula is C15H22FN3O2. The maximum absolute atomic E-state index is 13.4. The quantitative estimate of drug-likeness (QED) is 0.669. The highest BCUT2D eigenvalue weighted by molar-refractivity contribution is 5.52. The first kappa shape index (κ1) is 15.7. The fraction of sp³-hybridized carbons (Fsp3) is 0.600. The van der Waals surface area contributed by atoms with E-state index in [1.165, 1.54) is 12.1 Å². The van der Waals surface area contributed by atoms with Gasteiger partial charge in [0.25, 0.3) is 5.69 Å². The molecule has 1 aromatic rings. The molecular weight excluding hydrogens is 273 g/mol. The number of piperidine rings is 1. The number of hydrogen-bond donors (Lipinski definition) is 1. The van der Waals surface area contributed by atoms with Gasteiger partial charge < -0.3 is 10.2 Å². The monoisotopic (exact) mass is 295 g/mol. The summed E-state index contributed by atoms with van der Waals surface area (Å²) in [5.41, 5.74) is 0.262. The molecule has 1 aliphatic rings. The molecule has 1 heterocycles. The van der Waals surface area contributed by atoms with Crippen LogP contribution in [0, 0.1) is 21.8 Å². The van der Waals surface area contributed by atoms with E-state index in [1.54, 1.807) is 0 Å². The lowest BCUT2D eigenvalue weighted by molar-refractivity contribution is -0.385. The van der Waals surface area contributed by atoms with Crippen LogP contribution >= 0.6 is 0 Å². The van der Waals surface area contributed by atoms with Gasteiger partial charge in [-0.25, -0.2) is 4.39 Å². The van der Waals surface area contributed by atoms with Crippen molar-refractivity contribution in [1.29, 1.82) is 0 Å². The predicted molar refractivity (Wildman–Crippen MR) is 81.0 cm³/mol. The third kappa shape index (κ3) is 4.14. The molecule has 1 N–H and O–H groups in total. The van der Waals surface area contributed by atoms with Gasteiger partial charge in [-0.2, -0.15) is 0 Å². The third-order valence-corrected chi connectivity index (χ3v) is 4.27. The molecule has 0 bridgehead atoms. The molecule has 21 heavy (non-hydrogen) atoms. The number of nitro benzene ring substituents is 1. The van der Waals surface area contributed by atoms with Crippen molar-refractivity contribution in [2.45, 2.75) is 32.7 Å². The van der Waals surface area contributed by atoms with E-state index < -0.39 is 10.7 Å². The SMILES string of the molecule is CCN1CCC(C(C)Nc2cc(F)cc([N+](=O)[O-])c2)CC1. The van der Waals surface area contributed by atoms with Gasteiger partial charge >= 0.3 is 0 Å². The van der Waals surface area contributed by atoms with Crippen LogP contribution in [0.5, 0.6) is 0 Å². The Hall–Kier alpha value is -1.69. The summed E-state index contributed by atoms with van der Waals surface area (Å²) in [4.78, 5) is 12.6. The lowest BCUT2D eigenvalue weighted by atomic mass is 9.90. The molecule has 0 aromatic heterocycles. The first-order valence-electron chi connectivity index (χ1n) is 7.43. The van der Waals surface area contributed by atoms with Crippen molar-refractivity contribution >= 4 is 11.4 Å². The summed E-state index contributed by atoms with van der Waals surface area (Å²) in [5, 5.41) is 14.0. The fourth-order valence-electron chi connectivity index (χ4n) is 2.91. The van der Waals surface area contributed by atoms with Gasteiger partial charge in [0.15, 0.2) is 0 Å². The lowest BCUT2D eigenvalue weighted by Crippen LogP contribution is -2.39. The van der Waals surface area contributed by atoms with Crippen molar-refractivity contribution in [3.8, 4) is 0 Å². The molecule has 116 valence electrons. The van der Waals surface area contributed by atoms with Gasteiger partial charge in [0.05, 0.1) is 11.0 Å². The van der Waals surface area contributed by atoms with Crippen LogP contribution in [0.4, 0.5) is 15.8 Å². The summed E-state index contributed by atoms with van der Waals surface area (Å²) in [7, 11) is 0. The fourth-order valence-corrected chi connectivity index (χ4v) is 2.91. The van der Waals surface area contributed by atoms with Crippen molar-refractivity contribution in [3.05, 3.63) is 34.1 Å². The van der Waals surface area contributed by atoms with Crippen molar-refractivity contribution in [2.24, 2.45) is 5.92 Å². The van der Waals surface area contributed by atoms with E-state index in [0.717, 1.165) is 38.5 Å². The number of likely N-dealkylation sites (tertiary alicyclic amines) is 1. The molecule has 0 amide bonds. The molecule has 1 aromatic carbocycles. The van der Waals surface area contributed by atoms with Crippen LogP contribution in [-0.2, 0) is 0 Å². The zero-order valence-corrected chi connectivity index (χ0v) is 12.5. The van der Waals surface area contributed by atoms with E-state index in [2.05, 4.69) is 24.1 Å². The van der Waals surface area contributed by atoms with Crippen LogP contribution in [0.3, 0.4) is 0 Å². The molecule has 1 saturated heterocycles. The van der Waals surface area contributed by atoms with Crippen LogP contribution in [0.25, 0.3) is 0 Å². The van der Waals surface area contributed by atoms with Crippen LogP contribution in [0.1, 0.15) is 26.7 Å². The minimum Gasteiger partial charge on any atom is -0.382 e. The zero-order chi connectivity index (χ0) is 15.4. The number of nitro groups is 1. The second kappa shape index (κ2) is 6.85. The average Bonchev–Trinajstić information content (AvgIpc) is 2.46. The van der Waals surface area contributed by atoms with Gasteiger partial charge in [-0.1, -0.05) is 6.92 Å². The number of anilines is 1. The third-order valence-electron chi connectivity index (χ3n) is 4.27. The molecule has 1 fully saturated rings. The van der Waals surface area contributed by atoms with Crippen molar-refractivity contribution in [2.75, 3.05) is 25.0 Å². The number of rotatable bonds is 5. The molecule has 1 unspecified atom stereocenters. The standard InChI is InChI=1S/C15H22FN3O2/c1-3-18-6-4-12(5-7-18)11(2)17-14-8-13(16)9-15(10-14)19(20)21/h8-12,17H,3-7H2,1-2H3. The Morgan fingerprint density at radius 3 is 2.67 bits per heavy atom. The Morgan fingerprint density at radius 2 is 2.10 bits per heavy atom. The summed E-state index contributed by atoms with van der Waals surface area (Å²) in [6, 6.07) is 3.81. The Morgan fingerprint density at radius 1 is 1.43 bits per heavy atom. The smallest absolute Gasteiger partial charge is 0.274 e. The van der Waals surface area contributed by atoms with Gasteiger partial charge in [-0.3, -0.25) is 10.1 Å². The number of non-ortho nitro benzene ring substituents is 1. The second-order valence-electron chi connectivity index (χ2n) is 5.66. The molecule has 6 heteroatoms.